The third-order valence-corrected chi connectivity index (χ3v) is 5.14. The summed E-state index contributed by atoms with van der Waals surface area (Å²) in [6.07, 6.45) is 3.04. The predicted molar refractivity (Wildman–Crippen MR) is 145 cm³/mol. The number of aromatic amines is 2. The normalized spacial score (nSPS) is 10.3. The van der Waals surface area contributed by atoms with Crippen molar-refractivity contribution < 1.29 is 0 Å². The largest absolute Gasteiger partial charge is 0.382 e. The molecule has 0 amide bonds. The zero-order valence-corrected chi connectivity index (χ0v) is 20.4. The average molecular weight is 517 g/mol. The van der Waals surface area contributed by atoms with Crippen LogP contribution in [0.15, 0.2) is 73.3 Å². The summed E-state index contributed by atoms with van der Waals surface area (Å²) in [7, 11) is 0. The van der Waals surface area contributed by atoms with E-state index in [1.165, 1.54) is 11.9 Å². The van der Waals surface area contributed by atoms with Crippen LogP contribution in [0.1, 0.15) is 11.1 Å². The first-order valence-electron chi connectivity index (χ1n) is 11.1. The van der Waals surface area contributed by atoms with E-state index in [-0.39, 0.29) is 5.28 Å². The van der Waals surface area contributed by atoms with Gasteiger partial charge in [-0.2, -0.15) is 19.9 Å². The van der Waals surface area contributed by atoms with Crippen molar-refractivity contribution in [3.05, 3.63) is 89.7 Å². The predicted octanol–water partition coefficient (Wildman–Crippen LogP) is 3.28. The van der Waals surface area contributed by atoms with Crippen molar-refractivity contribution in [3.63, 3.8) is 0 Å². The highest BCUT2D eigenvalue weighted by atomic mass is 35.5. The van der Waals surface area contributed by atoms with Crippen LogP contribution in [0.4, 0.5) is 17.6 Å². The minimum absolute atomic E-state index is 0.113. The van der Waals surface area contributed by atoms with Crippen LogP contribution >= 0.6 is 11.6 Å². The Balaban J connectivity index is 0.000000143. The highest BCUT2D eigenvalue weighted by Gasteiger charge is 2.06. The molecule has 188 valence electrons. The molecular formula is C24H25ClN12. The Morgan fingerprint density at radius 2 is 1.24 bits per heavy atom. The Labute approximate surface area is 216 Å². The molecule has 6 aromatic rings. The third kappa shape index (κ3) is 6.87. The molecule has 0 atom stereocenters. The number of benzene rings is 2. The van der Waals surface area contributed by atoms with Crippen LogP contribution in [0.3, 0.4) is 0 Å². The van der Waals surface area contributed by atoms with Gasteiger partial charge in [-0.05, 0) is 22.7 Å². The lowest BCUT2D eigenvalue weighted by molar-refractivity contribution is 1.07. The van der Waals surface area contributed by atoms with E-state index in [1.807, 2.05) is 60.7 Å². The number of aromatic nitrogens is 8. The van der Waals surface area contributed by atoms with Crippen molar-refractivity contribution in [3.8, 4) is 0 Å². The smallest absolute Gasteiger partial charge is 0.227 e. The molecule has 12 nitrogen and oxygen atoms in total. The lowest BCUT2D eigenvalue weighted by atomic mass is 10.2. The number of hydrogen-bond donors (Lipinski definition) is 6. The van der Waals surface area contributed by atoms with Gasteiger partial charge in [0.25, 0.3) is 0 Å². The van der Waals surface area contributed by atoms with Crippen LogP contribution in [0.25, 0.3) is 22.3 Å². The summed E-state index contributed by atoms with van der Waals surface area (Å²) in [5.74, 6) is 1.20. The fourth-order valence-electron chi connectivity index (χ4n) is 3.15. The fraction of sp³-hybridized carbons (Fsp3) is 0.0833. The van der Waals surface area contributed by atoms with Gasteiger partial charge in [-0.1, -0.05) is 60.7 Å². The number of nitrogens with two attached hydrogens (primary N) is 3. The lowest BCUT2D eigenvalue weighted by Crippen LogP contribution is -2.05. The second-order valence-corrected chi connectivity index (χ2v) is 7.88. The van der Waals surface area contributed by atoms with E-state index in [4.69, 9.17) is 28.8 Å². The maximum Gasteiger partial charge on any atom is 0.227 e. The number of hydrogen-bond acceptors (Lipinski definition) is 10. The van der Waals surface area contributed by atoms with Gasteiger partial charge in [0.05, 0.1) is 12.7 Å². The average Bonchev–Trinajstić information content (AvgIpc) is 3.60. The van der Waals surface area contributed by atoms with Gasteiger partial charge in [-0.25, -0.2) is 9.97 Å². The molecule has 0 bridgehead atoms. The maximum atomic E-state index is 5.81. The minimum Gasteiger partial charge on any atom is -0.382 e. The summed E-state index contributed by atoms with van der Waals surface area (Å²) >= 11 is 5.52. The molecule has 0 aliphatic heterocycles. The Hall–Kier alpha value is -4.81. The molecule has 0 unspecified atom stereocenters. The molecule has 2 aromatic carbocycles. The van der Waals surface area contributed by atoms with Crippen LogP contribution in [-0.4, -0.2) is 39.9 Å². The van der Waals surface area contributed by atoms with E-state index >= 15 is 0 Å². The quantitative estimate of drug-likeness (QED) is 0.189. The topological polar surface area (TPSA) is 199 Å². The van der Waals surface area contributed by atoms with Crippen LogP contribution < -0.4 is 22.5 Å². The molecule has 0 aliphatic rings. The van der Waals surface area contributed by atoms with Gasteiger partial charge in [0.15, 0.2) is 22.9 Å². The number of nitrogen functional groups attached to an aromatic ring is 2. The molecule has 37 heavy (non-hydrogen) atoms. The second-order valence-electron chi connectivity index (χ2n) is 7.54. The molecule has 13 heteroatoms. The molecule has 0 fully saturated rings. The number of fused-ring (bicyclic) bond motifs is 2. The fourth-order valence-corrected chi connectivity index (χ4v) is 3.32. The Morgan fingerprint density at radius 3 is 1.81 bits per heavy atom. The molecular weight excluding hydrogens is 492 g/mol. The van der Waals surface area contributed by atoms with Crippen molar-refractivity contribution in [1.82, 2.24) is 39.9 Å². The summed E-state index contributed by atoms with van der Waals surface area (Å²) in [5.41, 5.74) is 21.3. The standard InChI is InChI=1S/C12H12N6.C7H9N.C5H4ClN5/c13-10-9-11(16-7-15-9)18-12(17-10)14-6-8-4-2-1-3-5-8;8-6-7-4-2-1-3-5-7;6-5-10-3(7)2-4(11-5)9-1-8-2/h1-5,7H,6H2,(H4,13,14,15,16,17,18);1-5H,6,8H2;1H,(H3,7,8,9,10,11). The van der Waals surface area contributed by atoms with E-state index in [0.29, 0.717) is 53.0 Å². The number of nitrogens with zero attached hydrogens (tertiary/aromatic N) is 6. The van der Waals surface area contributed by atoms with Crippen molar-refractivity contribution in [2.75, 3.05) is 16.8 Å². The third-order valence-electron chi connectivity index (χ3n) is 4.97. The monoisotopic (exact) mass is 516 g/mol. The van der Waals surface area contributed by atoms with Crippen LogP contribution in [-0.2, 0) is 13.1 Å². The van der Waals surface area contributed by atoms with Crippen LogP contribution in [0.2, 0.25) is 5.28 Å². The Kier molecular flexibility index (Phi) is 8.37. The summed E-state index contributed by atoms with van der Waals surface area (Å²) < 4.78 is 0. The number of rotatable bonds is 4. The van der Waals surface area contributed by atoms with E-state index in [0.717, 1.165) is 5.56 Å². The van der Waals surface area contributed by atoms with E-state index in [2.05, 4.69) is 45.2 Å². The first-order valence-corrected chi connectivity index (χ1v) is 11.5. The molecule has 0 saturated carbocycles. The summed E-state index contributed by atoms with van der Waals surface area (Å²) in [6.45, 7) is 1.29. The van der Waals surface area contributed by atoms with Gasteiger partial charge in [0.1, 0.15) is 11.0 Å². The maximum absolute atomic E-state index is 5.81. The first-order chi connectivity index (χ1) is 18.0. The van der Waals surface area contributed by atoms with Crippen LogP contribution in [0.5, 0.6) is 0 Å². The number of halogens is 1. The van der Waals surface area contributed by atoms with Gasteiger partial charge in [-0.3, -0.25) is 0 Å². The molecule has 4 heterocycles. The van der Waals surface area contributed by atoms with Gasteiger partial charge < -0.3 is 32.5 Å². The van der Waals surface area contributed by atoms with Gasteiger partial charge in [-0.15, -0.1) is 0 Å². The molecule has 0 aliphatic carbocycles. The summed E-state index contributed by atoms with van der Waals surface area (Å²) in [5, 5.41) is 3.24. The van der Waals surface area contributed by atoms with Crippen molar-refractivity contribution in [1.29, 1.82) is 0 Å². The zero-order valence-electron chi connectivity index (χ0n) is 19.6. The highest BCUT2D eigenvalue weighted by Crippen LogP contribution is 2.16. The van der Waals surface area contributed by atoms with E-state index in [9.17, 15) is 0 Å². The van der Waals surface area contributed by atoms with Crippen molar-refractivity contribution in [2.45, 2.75) is 13.1 Å². The number of imidazole rings is 2. The minimum atomic E-state index is 0.113. The number of nitrogens with one attached hydrogen (secondary N) is 3. The van der Waals surface area contributed by atoms with Gasteiger partial charge >= 0.3 is 0 Å². The molecule has 4 aromatic heterocycles. The Morgan fingerprint density at radius 1 is 0.703 bits per heavy atom. The van der Waals surface area contributed by atoms with Crippen molar-refractivity contribution in [2.24, 2.45) is 5.73 Å². The van der Waals surface area contributed by atoms with Crippen LogP contribution in [0, 0.1) is 0 Å². The highest BCUT2D eigenvalue weighted by molar-refractivity contribution is 6.28. The van der Waals surface area contributed by atoms with Crippen molar-refractivity contribution >= 4 is 51.5 Å². The SMILES string of the molecule is NCc1ccccc1.Nc1nc(Cl)nc2nc[nH]c12.Nc1nc(NCc2ccccc2)nc2nc[nH]c12. The summed E-state index contributed by atoms with van der Waals surface area (Å²) in [4.78, 5) is 29.6. The molecule has 9 N–H and O–H groups in total. The Bertz CT molecular complexity index is 1550. The molecule has 0 spiro atoms. The summed E-state index contributed by atoms with van der Waals surface area (Å²) in [6, 6.07) is 20.0. The van der Waals surface area contributed by atoms with Gasteiger partial charge in [0, 0.05) is 13.1 Å². The molecule has 0 radical (unpaired) electrons. The molecule has 6 rings (SSSR count). The zero-order chi connectivity index (χ0) is 26.0. The van der Waals surface area contributed by atoms with E-state index < -0.39 is 0 Å². The van der Waals surface area contributed by atoms with E-state index in [1.54, 1.807) is 6.33 Å². The molecule has 0 saturated heterocycles. The number of H-pyrrole nitrogens is 2. The van der Waals surface area contributed by atoms with Gasteiger partial charge in [0.2, 0.25) is 11.2 Å². The lowest BCUT2D eigenvalue weighted by Gasteiger charge is -2.05. The first kappa shape index (κ1) is 25.3. The number of anilines is 3. The second kappa shape index (κ2) is 12.2.